The standard InChI is InChI=1S/C11H18N4O2/c1-7-10(15-12)13-8(2)14-11(7)17-9-3-5-16-6-4-9/h9H,3-6,12H2,1-2H3,(H,13,14,15). The number of aryl methyl sites for hydroxylation is 1. The van der Waals surface area contributed by atoms with Crippen molar-refractivity contribution < 1.29 is 9.47 Å². The van der Waals surface area contributed by atoms with Crippen LogP contribution in [-0.4, -0.2) is 29.3 Å². The van der Waals surface area contributed by atoms with Gasteiger partial charge in [-0.25, -0.2) is 10.8 Å². The summed E-state index contributed by atoms with van der Waals surface area (Å²) in [5, 5.41) is 0. The molecule has 1 aromatic rings. The van der Waals surface area contributed by atoms with Crippen molar-refractivity contribution >= 4 is 5.82 Å². The van der Waals surface area contributed by atoms with Gasteiger partial charge in [-0.3, -0.25) is 0 Å². The molecule has 6 nitrogen and oxygen atoms in total. The fourth-order valence-corrected chi connectivity index (χ4v) is 1.81. The molecule has 0 radical (unpaired) electrons. The molecule has 1 saturated heterocycles. The lowest BCUT2D eigenvalue weighted by molar-refractivity contribution is 0.0233. The molecule has 0 bridgehead atoms. The summed E-state index contributed by atoms with van der Waals surface area (Å²) in [6.45, 7) is 5.20. The van der Waals surface area contributed by atoms with Crippen molar-refractivity contribution in [3.63, 3.8) is 0 Å². The first-order valence-electron chi connectivity index (χ1n) is 5.77. The lowest BCUT2D eigenvalue weighted by Crippen LogP contribution is -2.27. The van der Waals surface area contributed by atoms with E-state index < -0.39 is 0 Å². The van der Waals surface area contributed by atoms with Crippen molar-refractivity contribution in [2.45, 2.75) is 32.8 Å². The minimum atomic E-state index is 0.169. The molecule has 1 aromatic heterocycles. The molecule has 1 fully saturated rings. The smallest absolute Gasteiger partial charge is 0.222 e. The Balaban J connectivity index is 2.16. The van der Waals surface area contributed by atoms with Crippen LogP contribution in [0.15, 0.2) is 0 Å². The van der Waals surface area contributed by atoms with Crippen LogP contribution in [0.2, 0.25) is 0 Å². The molecule has 94 valence electrons. The summed E-state index contributed by atoms with van der Waals surface area (Å²) in [4.78, 5) is 8.50. The van der Waals surface area contributed by atoms with Crippen LogP contribution in [0.4, 0.5) is 5.82 Å². The first-order valence-corrected chi connectivity index (χ1v) is 5.77. The lowest BCUT2D eigenvalue weighted by Gasteiger charge is -2.23. The normalized spacial score (nSPS) is 16.9. The van der Waals surface area contributed by atoms with Gasteiger partial charge in [-0.15, -0.1) is 0 Å². The van der Waals surface area contributed by atoms with Crippen molar-refractivity contribution in [1.82, 2.24) is 9.97 Å². The Labute approximate surface area is 101 Å². The maximum Gasteiger partial charge on any atom is 0.222 e. The first-order chi connectivity index (χ1) is 8.20. The zero-order valence-corrected chi connectivity index (χ0v) is 10.2. The minimum absolute atomic E-state index is 0.169. The van der Waals surface area contributed by atoms with Gasteiger partial charge >= 0.3 is 0 Å². The minimum Gasteiger partial charge on any atom is -0.474 e. The Morgan fingerprint density at radius 2 is 2.00 bits per heavy atom. The number of hydrogen-bond acceptors (Lipinski definition) is 6. The van der Waals surface area contributed by atoms with E-state index in [0.29, 0.717) is 17.5 Å². The summed E-state index contributed by atoms with van der Waals surface area (Å²) in [6, 6.07) is 0. The van der Waals surface area contributed by atoms with Crippen molar-refractivity contribution in [2.24, 2.45) is 5.84 Å². The van der Waals surface area contributed by atoms with Crippen molar-refractivity contribution in [2.75, 3.05) is 18.6 Å². The second kappa shape index (κ2) is 5.29. The number of hydrogen-bond donors (Lipinski definition) is 2. The van der Waals surface area contributed by atoms with Gasteiger partial charge in [-0.1, -0.05) is 0 Å². The number of rotatable bonds is 3. The van der Waals surface area contributed by atoms with Crippen LogP contribution >= 0.6 is 0 Å². The maximum atomic E-state index is 5.88. The Morgan fingerprint density at radius 1 is 1.29 bits per heavy atom. The Morgan fingerprint density at radius 3 is 2.65 bits per heavy atom. The number of nitrogen functional groups attached to an aromatic ring is 1. The highest BCUT2D eigenvalue weighted by molar-refractivity contribution is 5.47. The van der Waals surface area contributed by atoms with E-state index in [1.165, 1.54) is 0 Å². The summed E-state index contributed by atoms with van der Waals surface area (Å²) in [5.41, 5.74) is 3.40. The highest BCUT2D eigenvalue weighted by Gasteiger charge is 2.18. The summed E-state index contributed by atoms with van der Waals surface area (Å²) in [5.74, 6) is 7.27. The summed E-state index contributed by atoms with van der Waals surface area (Å²) in [7, 11) is 0. The average molecular weight is 238 g/mol. The molecule has 0 aromatic carbocycles. The van der Waals surface area contributed by atoms with Gasteiger partial charge in [0.15, 0.2) is 0 Å². The van der Waals surface area contributed by atoms with E-state index in [-0.39, 0.29) is 6.10 Å². The molecule has 0 unspecified atom stereocenters. The SMILES string of the molecule is Cc1nc(NN)c(C)c(OC2CCOCC2)n1. The zero-order chi connectivity index (χ0) is 12.3. The van der Waals surface area contributed by atoms with Crippen molar-refractivity contribution in [3.8, 4) is 5.88 Å². The molecular weight excluding hydrogens is 220 g/mol. The van der Waals surface area contributed by atoms with Crippen LogP contribution in [0, 0.1) is 13.8 Å². The van der Waals surface area contributed by atoms with Gasteiger partial charge in [0, 0.05) is 12.8 Å². The van der Waals surface area contributed by atoms with Crippen molar-refractivity contribution in [3.05, 3.63) is 11.4 Å². The van der Waals surface area contributed by atoms with E-state index in [1.54, 1.807) is 0 Å². The number of anilines is 1. The van der Waals surface area contributed by atoms with Gasteiger partial charge < -0.3 is 14.9 Å². The van der Waals surface area contributed by atoms with E-state index >= 15 is 0 Å². The van der Waals surface area contributed by atoms with Gasteiger partial charge in [-0.05, 0) is 13.8 Å². The predicted molar refractivity (Wildman–Crippen MR) is 63.8 cm³/mol. The number of aromatic nitrogens is 2. The zero-order valence-electron chi connectivity index (χ0n) is 10.2. The molecule has 3 N–H and O–H groups in total. The largest absolute Gasteiger partial charge is 0.474 e. The van der Waals surface area contributed by atoms with Gasteiger partial charge in [-0.2, -0.15) is 4.98 Å². The highest BCUT2D eigenvalue weighted by atomic mass is 16.5. The van der Waals surface area contributed by atoms with Crippen LogP contribution in [0.3, 0.4) is 0 Å². The summed E-state index contributed by atoms with van der Waals surface area (Å²) >= 11 is 0. The molecule has 0 atom stereocenters. The number of nitrogens with two attached hydrogens (primary N) is 1. The third-order valence-corrected chi connectivity index (χ3v) is 2.80. The Bertz CT molecular complexity index is 391. The quantitative estimate of drug-likeness (QED) is 0.602. The Kier molecular flexibility index (Phi) is 3.75. The van der Waals surface area contributed by atoms with Crippen molar-refractivity contribution in [1.29, 1.82) is 0 Å². The van der Waals surface area contributed by atoms with Crippen LogP contribution < -0.4 is 16.0 Å². The topological polar surface area (TPSA) is 82.3 Å². The molecule has 0 saturated carbocycles. The van der Waals surface area contributed by atoms with E-state index in [4.69, 9.17) is 15.3 Å². The molecule has 17 heavy (non-hydrogen) atoms. The molecule has 0 amide bonds. The van der Waals surface area contributed by atoms with Crippen LogP contribution in [0.1, 0.15) is 24.2 Å². The third-order valence-electron chi connectivity index (χ3n) is 2.80. The molecule has 2 heterocycles. The van der Waals surface area contributed by atoms with E-state index in [9.17, 15) is 0 Å². The number of nitrogens with zero attached hydrogens (tertiary/aromatic N) is 2. The molecule has 0 spiro atoms. The number of hydrazine groups is 1. The number of nitrogens with one attached hydrogen (secondary N) is 1. The highest BCUT2D eigenvalue weighted by Crippen LogP contribution is 2.24. The fourth-order valence-electron chi connectivity index (χ4n) is 1.81. The maximum absolute atomic E-state index is 5.88. The number of ether oxygens (including phenoxy) is 2. The van der Waals surface area contributed by atoms with Gasteiger partial charge in [0.1, 0.15) is 17.7 Å². The molecule has 2 rings (SSSR count). The van der Waals surface area contributed by atoms with Gasteiger partial charge in [0.25, 0.3) is 0 Å². The molecule has 1 aliphatic heterocycles. The van der Waals surface area contributed by atoms with E-state index in [2.05, 4.69) is 15.4 Å². The van der Waals surface area contributed by atoms with Crippen LogP contribution in [0.5, 0.6) is 5.88 Å². The lowest BCUT2D eigenvalue weighted by atomic mass is 10.1. The first kappa shape index (κ1) is 12.1. The second-order valence-corrected chi connectivity index (χ2v) is 4.12. The van der Waals surface area contributed by atoms with E-state index in [0.717, 1.165) is 31.6 Å². The molecule has 6 heteroatoms. The fraction of sp³-hybridized carbons (Fsp3) is 0.636. The van der Waals surface area contributed by atoms with Gasteiger partial charge in [0.05, 0.1) is 18.8 Å². The Hall–Kier alpha value is -1.40. The van der Waals surface area contributed by atoms with Crippen LogP contribution in [0.25, 0.3) is 0 Å². The summed E-state index contributed by atoms with van der Waals surface area (Å²) < 4.78 is 11.2. The third kappa shape index (κ3) is 2.83. The average Bonchev–Trinajstić information content (AvgIpc) is 2.34. The predicted octanol–water partition coefficient (Wildman–Crippen LogP) is 0.937. The molecule has 1 aliphatic rings. The second-order valence-electron chi connectivity index (χ2n) is 4.12. The molecule has 0 aliphatic carbocycles. The summed E-state index contributed by atoms with van der Waals surface area (Å²) in [6.07, 6.45) is 1.96. The van der Waals surface area contributed by atoms with Crippen LogP contribution in [-0.2, 0) is 4.74 Å². The molecular formula is C11H18N4O2. The monoisotopic (exact) mass is 238 g/mol. The van der Waals surface area contributed by atoms with E-state index in [1.807, 2.05) is 13.8 Å². The van der Waals surface area contributed by atoms with Gasteiger partial charge in [0.2, 0.25) is 5.88 Å².